The predicted molar refractivity (Wildman–Crippen MR) is 116 cm³/mol. The Morgan fingerprint density at radius 1 is 1.03 bits per heavy atom. The van der Waals surface area contributed by atoms with Gasteiger partial charge in [-0.3, -0.25) is 19.3 Å². The van der Waals surface area contributed by atoms with E-state index >= 15 is 0 Å². The molecule has 0 spiro atoms. The monoisotopic (exact) mass is 435 g/mol. The Bertz CT molecular complexity index is 1230. The molecule has 3 heterocycles. The number of carbonyl (C=O) groups is 1. The van der Waals surface area contributed by atoms with Gasteiger partial charge in [0.2, 0.25) is 5.43 Å². The summed E-state index contributed by atoms with van der Waals surface area (Å²) in [5.74, 6) is -0.860. The van der Waals surface area contributed by atoms with Crippen LogP contribution in [0.2, 0.25) is 0 Å². The minimum absolute atomic E-state index is 0.0946. The lowest BCUT2D eigenvalue weighted by atomic mass is 9.96. The molecule has 0 fully saturated rings. The number of amides is 1. The highest BCUT2D eigenvalue weighted by molar-refractivity contribution is 5.96. The van der Waals surface area contributed by atoms with Crippen molar-refractivity contribution < 1.29 is 19.0 Å². The first kappa shape index (κ1) is 20.1. The molecule has 1 N–H and O–H groups in total. The van der Waals surface area contributed by atoms with E-state index < -0.39 is 28.9 Å². The maximum atomic E-state index is 14.4. The first-order valence-electron chi connectivity index (χ1n) is 10.5. The van der Waals surface area contributed by atoms with E-state index in [1.807, 2.05) is 35.3 Å². The van der Waals surface area contributed by atoms with Gasteiger partial charge in [0, 0.05) is 24.4 Å². The van der Waals surface area contributed by atoms with Crippen molar-refractivity contribution in [1.29, 1.82) is 0 Å². The first-order chi connectivity index (χ1) is 15.5. The van der Waals surface area contributed by atoms with Gasteiger partial charge in [-0.2, -0.15) is 0 Å². The normalized spacial score (nSPS) is 18.3. The summed E-state index contributed by atoms with van der Waals surface area (Å²) in [4.78, 5) is 26.9. The molecule has 8 heteroatoms. The number of aromatic nitrogens is 1. The van der Waals surface area contributed by atoms with E-state index in [0.29, 0.717) is 37.3 Å². The topological polar surface area (TPSA) is 75.0 Å². The Labute approximate surface area is 183 Å². The largest absolute Gasteiger partial charge is 0.502 e. The molecule has 1 amide bonds. The van der Waals surface area contributed by atoms with E-state index in [9.17, 15) is 19.1 Å². The third-order valence-electron chi connectivity index (χ3n) is 5.90. The highest BCUT2D eigenvalue weighted by Crippen LogP contribution is 2.37. The molecular weight excluding hydrogens is 413 g/mol. The Morgan fingerprint density at radius 3 is 2.66 bits per heavy atom. The molecule has 2 aliphatic heterocycles. The Kier molecular flexibility index (Phi) is 5.05. The molecule has 2 aromatic carbocycles. The van der Waals surface area contributed by atoms with Gasteiger partial charge < -0.3 is 14.7 Å². The van der Waals surface area contributed by atoms with Gasteiger partial charge >= 0.3 is 0 Å². The van der Waals surface area contributed by atoms with Crippen LogP contribution in [0.25, 0.3) is 0 Å². The summed E-state index contributed by atoms with van der Waals surface area (Å²) in [6.07, 6.45) is 2.86. The summed E-state index contributed by atoms with van der Waals surface area (Å²) in [6, 6.07) is 14.6. The van der Waals surface area contributed by atoms with Crippen LogP contribution in [0.3, 0.4) is 0 Å². The molecule has 5 rings (SSSR count). The zero-order valence-corrected chi connectivity index (χ0v) is 17.3. The van der Waals surface area contributed by atoms with Crippen LogP contribution < -0.4 is 15.2 Å². The van der Waals surface area contributed by atoms with Crippen molar-refractivity contribution in [2.24, 2.45) is 0 Å². The quantitative estimate of drug-likeness (QED) is 0.636. The standard InChI is InChI=1S/C24H22FN3O4/c25-17-8-9-20-18(14-17)21(16-6-2-1-3-7-16)28-15-26(11-4-5-13-32-20)24(31)22-23(30)19(29)10-12-27(22)28/h1-3,6-10,12,14,21,30H,4-5,11,13,15H2/t21-/m0/s1. The average Bonchev–Trinajstić information content (AvgIpc) is 2.82. The molecule has 0 saturated carbocycles. The van der Waals surface area contributed by atoms with Crippen LogP contribution in [0.1, 0.15) is 40.5 Å². The highest BCUT2D eigenvalue weighted by atomic mass is 19.1. The second-order valence-corrected chi connectivity index (χ2v) is 7.92. The van der Waals surface area contributed by atoms with E-state index in [1.54, 1.807) is 11.0 Å². The minimum atomic E-state index is -0.623. The first-order valence-corrected chi connectivity index (χ1v) is 10.5. The molecule has 164 valence electrons. The molecule has 2 aliphatic rings. The second kappa shape index (κ2) is 8.03. The van der Waals surface area contributed by atoms with Crippen LogP contribution in [0.15, 0.2) is 65.6 Å². The van der Waals surface area contributed by atoms with E-state index in [4.69, 9.17) is 4.74 Å². The van der Waals surface area contributed by atoms with Crippen LogP contribution in [-0.4, -0.2) is 40.4 Å². The van der Waals surface area contributed by atoms with E-state index in [0.717, 1.165) is 5.56 Å². The lowest BCUT2D eigenvalue weighted by Crippen LogP contribution is -2.55. The maximum Gasteiger partial charge on any atom is 0.277 e. The Hall–Kier alpha value is -3.81. The summed E-state index contributed by atoms with van der Waals surface area (Å²) in [5, 5.41) is 12.4. The number of benzene rings is 2. The molecule has 7 nitrogen and oxygen atoms in total. The average molecular weight is 435 g/mol. The van der Waals surface area contributed by atoms with Gasteiger partial charge in [-0.1, -0.05) is 30.3 Å². The van der Waals surface area contributed by atoms with E-state index in [2.05, 4.69) is 0 Å². The van der Waals surface area contributed by atoms with Gasteiger partial charge in [0.1, 0.15) is 24.3 Å². The van der Waals surface area contributed by atoms with Crippen LogP contribution in [0.4, 0.5) is 4.39 Å². The fourth-order valence-corrected chi connectivity index (χ4v) is 4.36. The summed E-state index contributed by atoms with van der Waals surface area (Å²) in [7, 11) is 0. The van der Waals surface area contributed by atoms with Gasteiger partial charge in [-0.15, -0.1) is 0 Å². The molecule has 3 aromatic rings. The molecule has 0 radical (unpaired) electrons. The second-order valence-electron chi connectivity index (χ2n) is 7.92. The van der Waals surface area contributed by atoms with Gasteiger partial charge in [-0.25, -0.2) is 4.39 Å². The molecule has 0 aliphatic carbocycles. The minimum Gasteiger partial charge on any atom is -0.502 e. The van der Waals surface area contributed by atoms with E-state index in [1.165, 1.54) is 29.1 Å². The lowest BCUT2D eigenvalue weighted by molar-refractivity contribution is 0.0676. The number of rotatable bonds is 1. The van der Waals surface area contributed by atoms with Crippen LogP contribution in [0, 0.1) is 5.82 Å². The number of hydrogen-bond acceptors (Lipinski definition) is 5. The molecule has 0 saturated heterocycles. The summed E-state index contributed by atoms with van der Waals surface area (Å²) in [6.45, 7) is 1.06. The number of hydrogen-bond donors (Lipinski definition) is 1. The zero-order valence-electron chi connectivity index (χ0n) is 17.3. The summed E-state index contributed by atoms with van der Waals surface area (Å²) >= 11 is 0. The van der Waals surface area contributed by atoms with Crippen LogP contribution in [-0.2, 0) is 0 Å². The number of halogens is 1. The Morgan fingerprint density at radius 2 is 1.84 bits per heavy atom. The fourth-order valence-electron chi connectivity index (χ4n) is 4.36. The van der Waals surface area contributed by atoms with Gasteiger partial charge in [0.15, 0.2) is 11.4 Å². The molecule has 1 aromatic heterocycles. The highest BCUT2D eigenvalue weighted by Gasteiger charge is 2.37. The number of ether oxygens (including phenoxy) is 1. The number of carbonyl (C=O) groups excluding carboxylic acids is 1. The third kappa shape index (κ3) is 3.37. The van der Waals surface area contributed by atoms with Gasteiger partial charge in [0.05, 0.1) is 6.61 Å². The zero-order chi connectivity index (χ0) is 22.2. The molecular formula is C24H22FN3O4. The maximum absolute atomic E-state index is 14.4. The van der Waals surface area contributed by atoms with Crippen LogP contribution in [0.5, 0.6) is 11.5 Å². The van der Waals surface area contributed by atoms with Gasteiger partial charge in [-0.05, 0) is 36.6 Å². The number of fused-ring (bicyclic) bond motifs is 5. The SMILES string of the molecule is O=C1c2c(O)c(=O)ccn2N2CN1CCCCOc1ccc(F)cc1[C@@H]2c1ccccc1. The smallest absolute Gasteiger partial charge is 0.277 e. The Balaban J connectivity index is 1.80. The van der Waals surface area contributed by atoms with Crippen molar-refractivity contribution in [3.8, 4) is 11.5 Å². The number of pyridine rings is 1. The van der Waals surface area contributed by atoms with Crippen molar-refractivity contribution in [3.63, 3.8) is 0 Å². The van der Waals surface area contributed by atoms with Gasteiger partial charge in [0.25, 0.3) is 5.91 Å². The molecule has 32 heavy (non-hydrogen) atoms. The fraction of sp³-hybridized carbons (Fsp3) is 0.250. The summed E-state index contributed by atoms with van der Waals surface area (Å²) < 4.78 is 22.0. The van der Waals surface area contributed by atoms with Crippen molar-refractivity contribution in [2.45, 2.75) is 18.9 Å². The van der Waals surface area contributed by atoms with Crippen molar-refractivity contribution in [3.05, 3.63) is 93.7 Å². The third-order valence-corrected chi connectivity index (χ3v) is 5.90. The van der Waals surface area contributed by atoms with Crippen molar-refractivity contribution >= 4 is 5.91 Å². The summed E-state index contributed by atoms with van der Waals surface area (Å²) in [5.41, 5.74) is 0.724. The predicted octanol–water partition coefficient (Wildman–Crippen LogP) is 3.01. The molecule has 0 unspecified atom stereocenters. The number of aromatic hydroxyl groups is 1. The molecule has 1 atom stereocenters. The van der Waals surface area contributed by atoms with Crippen LogP contribution >= 0.6 is 0 Å². The number of nitrogens with zero attached hydrogens (tertiary/aromatic N) is 3. The van der Waals surface area contributed by atoms with E-state index in [-0.39, 0.29) is 12.4 Å². The lowest BCUT2D eigenvalue weighted by Gasteiger charge is -2.44. The van der Waals surface area contributed by atoms with Crippen molar-refractivity contribution in [2.75, 3.05) is 24.8 Å². The van der Waals surface area contributed by atoms with Crippen molar-refractivity contribution in [1.82, 2.24) is 9.58 Å². The molecule has 2 bridgehead atoms.